The van der Waals surface area contributed by atoms with Crippen molar-refractivity contribution < 1.29 is 9.26 Å². The second kappa shape index (κ2) is 5.73. The van der Waals surface area contributed by atoms with E-state index in [1.54, 1.807) is 0 Å². The normalized spacial score (nSPS) is 22.3. The summed E-state index contributed by atoms with van der Waals surface area (Å²) in [4.78, 5) is 4.45. The van der Waals surface area contributed by atoms with Crippen LogP contribution in [0, 0.1) is 0 Å². The third-order valence-corrected chi connectivity index (χ3v) is 3.73. The molecule has 3 rings (SSSR count). The van der Waals surface area contributed by atoms with Gasteiger partial charge in [-0.15, -0.1) is 0 Å². The number of hydrogen-bond donors (Lipinski definition) is 1. The van der Waals surface area contributed by atoms with Gasteiger partial charge in [0.05, 0.1) is 6.10 Å². The number of hydrogen-bond acceptors (Lipinski definition) is 5. The highest BCUT2D eigenvalue weighted by Gasteiger charge is 2.29. The Bertz CT molecular complexity index is 565. The molecule has 2 atom stereocenters. The number of benzene rings is 1. The summed E-state index contributed by atoms with van der Waals surface area (Å²) in [5.74, 6) is 1.19. The quantitative estimate of drug-likeness (QED) is 0.927. The van der Waals surface area contributed by atoms with Gasteiger partial charge in [0.25, 0.3) is 5.89 Å². The first-order valence-electron chi connectivity index (χ1n) is 7.08. The van der Waals surface area contributed by atoms with Gasteiger partial charge in [0.1, 0.15) is 6.10 Å². The van der Waals surface area contributed by atoms with Crippen molar-refractivity contribution in [3.8, 4) is 11.4 Å². The first-order valence-corrected chi connectivity index (χ1v) is 7.08. The van der Waals surface area contributed by atoms with E-state index < -0.39 is 0 Å². The summed E-state index contributed by atoms with van der Waals surface area (Å²) in [5.41, 5.74) is 7.60. The number of nitrogens with zero attached hydrogens (tertiary/aromatic N) is 2. The SMILES string of the molecule is CCC1CCC(c2nc(-c3ccc(CN)cc3)no2)O1. The zero-order valence-corrected chi connectivity index (χ0v) is 11.6. The van der Waals surface area contributed by atoms with Crippen molar-refractivity contribution in [2.45, 2.75) is 44.9 Å². The van der Waals surface area contributed by atoms with Gasteiger partial charge in [-0.1, -0.05) is 36.3 Å². The summed E-state index contributed by atoms with van der Waals surface area (Å²) in [6.45, 7) is 2.66. The first kappa shape index (κ1) is 13.3. The van der Waals surface area contributed by atoms with Gasteiger partial charge in [-0.25, -0.2) is 0 Å². The maximum Gasteiger partial charge on any atom is 0.256 e. The van der Waals surface area contributed by atoms with Crippen molar-refractivity contribution in [1.82, 2.24) is 10.1 Å². The lowest BCUT2D eigenvalue weighted by Crippen LogP contribution is -2.04. The highest BCUT2D eigenvalue weighted by molar-refractivity contribution is 5.54. The molecule has 5 nitrogen and oxygen atoms in total. The van der Waals surface area contributed by atoms with Crippen LogP contribution in [0.4, 0.5) is 0 Å². The minimum Gasteiger partial charge on any atom is -0.365 e. The Balaban J connectivity index is 1.76. The van der Waals surface area contributed by atoms with E-state index in [4.69, 9.17) is 15.0 Å². The molecule has 2 aromatic rings. The Morgan fingerprint density at radius 1 is 1.25 bits per heavy atom. The lowest BCUT2D eigenvalue weighted by atomic mass is 10.1. The van der Waals surface area contributed by atoms with E-state index in [9.17, 15) is 0 Å². The topological polar surface area (TPSA) is 74.2 Å². The summed E-state index contributed by atoms with van der Waals surface area (Å²) in [6, 6.07) is 7.87. The van der Waals surface area contributed by atoms with Crippen molar-refractivity contribution >= 4 is 0 Å². The van der Waals surface area contributed by atoms with E-state index in [0.29, 0.717) is 24.4 Å². The van der Waals surface area contributed by atoms with Crippen molar-refractivity contribution in [2.75, 3.05) is 0 Å². The van der Waals surface area contributed by atoms with Gasteiger partial charge in [0, 0.05) is 12.1 Å². The van der Waals surface area contributed by atoms with Gasteiger partial charge in [0.2, 0.25) is 5.82 Å². The van der Waals surface area contributed by atoms with E-state index >= 15 is 0 Å². The molecule has 2 N–H and O–H groups in total. The first-order chi connectivity index (χ1) is 9.80. The van der Waals surface area contributed by atoms with Crippen LogP contribution in [0.3, 0.4) is 0 Å². The molecule has 2 heterocycles. The van der Waals surface area contributed by atoms with Crippen molar-refractivity contribution in [1.29, 1.82) is 0 Å². The number of aromatic nitrogens is 2. The zero-order valence-electron chi connectivity index (χ0n) is 11.6. The molecule has 1 aromatic heterocycles. The largest absolute Gasteiger partial charge is 0.365 e. The summed E-state index contributed by atoms with van der Waals surface area (Å²) in [6.07, 6.45) is 3.30. The molecule has 5 heteroatoms. The second-order valence-corrected chi connectivity index (χ2v) is 5.09. The van der Waals surface area contributed by atoms with Crippen molar-refractivity contribution in [3.63, 3.8) is 0 Å². The van der Waals surface area contributed by atoms with E-state index in [-0.39, 0.29) is 6.10 Å². The smallest absolute Gasteiger partial charge is 0.256 e. The molecule has 0 aliphatic carbocycles. The third-order valence-electron chi connectivity index (χ3n) is 3.73. The average molecular weight is 273 g/mol. The summed E-state index contributed by atoms with van der Waals surface area (Å²) >= 11 is 0. The van der Waals surface area contributed by atoms with E-state index in [1.807, 2.05) is 24.3 Å². The fraction of sp³-hybridized carbons (Fsp3) is 0.467. The van der Waals surface area contributed by atoms with Crippen LogP contribution in [-0.2, 0) is 11.3 Å². The number of ether oxygens (including phenoxy) is 1. The van der Waals surface area contributed by atoms with E-state index in [0.717, 1.165) is 30.4 Å². The minimum atomic E-state index is -0.0514. The molecule has 2 unspecified atom stereocenters. The van der Waals surface area contributed by atoms with Gasteiger partial charge in [-0.3, -0.25) is 0 Å². The summed E-state index contributed by atoms with van der Waals surface area (Å²) < 4.78 is 11.2. The molecule has 0 bridgehead atoms. The van der Waals surface area contributed by atoms with Crippen LogP contribution in [0.5, 0.6) is 0 Å². The Kier molecular flexibility index (Phi) is 3.80. The van der Waals surface area contributed by atoms with Gasteiger partial charge in [0.15, 0.2) is 0 Å². The predicted octanol–water partition coefficient (Wildman–Crippen LogP) is 2.83. The average Bonchev–Trinajstić information content (AvgIpc) is 3.16. The predicted molar refractivity (Wildman–Crippen MR) is 74.8 cm³/mol. The molecule has 0 spiro atoms. The van der Waals surface area contributed by atoms with Gasteiger partial charge in [-0.2, -0.15) is 4.98 Å². The molecule has 1 fully saturated rings. The van der Waals surface area contributed by atoms with Crippen LogP contribution in [-0.4, -0.2) is 16.2 Å². The highest BCUT2D eigenvalue weighted by Crippen LogP contribution is 2.33. The lowest BCUT2D eigenvalue weighted by molar-refractivity contribution is 0.0245. The Morgan fingerprint density at radius 2 is 2.05 bits per heavy atom. The minimum absolute atomic E-state index is 0.0514. The molecular weight excluding hydrogens is 254 g/mol. The summed E-state index contributed by atoms with van der Waals surface area (Å²) in [7, 11) is 0. The lowest BCUT2D eigenvalue weighted by Gasteiger charge is -2.07. The highest BCUT2D eigenvalue weighted by atomic mass is 16.5. The van der Waals surface area contributed by atoms with Gasteiger partial charge in [-0.05, 0) is 24.8 Å². The Hall–Kier alpha value is -1.72. The van der Waals surface area contributed by atoms with Crippen LogP contribution in [0.25, 0.3) is 11.4 Å². The van der Waals surface area contributed by atoms with Gasteiger partial charge < -0.3 is 15.0 Å². The molecular formula is C15H19N3O2. The van der Waals surface area contributed by atoms with Crippen LogP contribution in [0.1, 0.15) is 43.7 Å². The van der Waals surface area contributed by atoms with Crippen LogP contribution < -0.4 is 5.73 Å². The molecule has 0 amide bonds. The standard InChI is InChI=1S/C15H19N3O2/c1-2-12-7-8-13(19-12)15-17-14(18-20-15)11-5-3-10(9-16)4-6-11/h3-6,12-13H,2,7-9,16H2,1H3. The maximum atomic E-state index is 5.87. The molecule has 0 radical (unpaired) electrons. The van der Waals surface area contributed by atoms with E-state index in [1.165, 1.54) is 0 Å². The summed E-state index contributed by atoms with van der Waals surface area (Å²) in [5, 5.41) is 4.04. The number of rotatable bonds is 4. The maximum absolute atomic E-state index is 5.87. The van der Waals surface area contributed by atoms with Crippen LogP contribution in [0.2, 0.25) is 0 Å². The second-order valence-electron chi connectivity index (χ2n) is 5.09. The molecule has 1 saturated heterocycles. The van der Waals surface area contributed by atoms with Crippen LogP contribution in [0.15, 0.2) is 28.8 Å². The monoisotopic (exact) mass is 273 g/mol. The van der Waals surface area contributed by atoms with Crippen molar-refractivity contribution in [2.24, 2.45) is 5.73 Å². The third kappa shape index (κ3) is 2.59. The molecule has 1 aromatic carbocycles. The fourth-order valence-electron chi connectivity index (χ4n) is 2.46. The van der Waals surface area contributed by atoms with Gasteiger partial charge >= 0.3 is 0 Å². The molecule has 1 aliphatic rings. The van der Waals surface area contributed by atoms with E-state index in [2.05, 4.69) is 17.1 Å². The molecule has 20 heavy (non-hydrogen) atoms. The molecule has 0 saturated carbocycles. The Labute approximate surface area is 118 Å². The molecule has 1 aliphatic heterocycles. The zero-order chi connectivity index (χ0) is 13.9. The Morgan fingerprint density at radius 3 is 2.70 bits per heavy atom. The van der Waals surface area contributed by atoms with Crippen LogP contribution >= 0.6 is 0 Å². The fourth-order valence-corrected chi connectivity index (χ4v) is 2.46. The number of nitrogens with two attached hydrogens (primary N) is 1. The van der Waals surface area contributed by atoms with Crippen molar-refractivity contribution in [3.05, 3.63) is 35.7 Å². The molecule has 106 valence electrons.